The topological polar surface area (TPSA) is 47.3 Å². The number of hydrogen-bond acceptors (Lipinski definition) is 3. The zero-order chi connectivity index (χ0) is 7.73. The van der Waals surface area contributed by atoms with E-state index in [0.717, 1.165) is 26.3 Å². The molecule has 0 amide bonds. The van der Waals surface area contributed by atoms with Crippen LogP contribution in [-0.2, 0) is 4.74 Å². The Bertz CT molecular complexity index is 151. The van der Waals surface area contributed by atoms with Crippen LogP contribution in [0, 0.1) is 5.41 Å². The zero-order valence-electron chi connectivity index (χ0n) is 7.62. The normalized spacial score (nSPS) is 30.7. The van der Waals surface area contributed by atoms with Crippen molar-refractivity contribution in [3.8, 4) is 0 Å². The van der Waals surface area contributed by atoms with E-state index in [0.29, 0.717) is 5.41 Å². The number of nitrogens with two attached hydrogens (primary N) is 1. The van der Waals surface area contributed by atoms with Crippen LogP contribution in [-0.4, -0.2) is 32.3 Å². The smallest absolute Gasteiger partial charge is 0.0624 e. The first-order chi connectivity index (χ1) is 5.33. The molecule has 1 spiro atoms. The highest BCUT2D eigenvalue weighted by Gasteiger charge is 2.42. The number of halogens is 2. The van der Waals surface area contributed by atoms with Crippen LogP contribution in [0.2, 0.25) is 0 Å². The van der Waals surface area contributed by atoms with Gasteiger partial charge in [0, 0.05) is 11.5 Å². The van der Waals surface area contributed by atoms with E-state index in [9.17, 15) is 0 Å². The molecule has 0 aromatic carbocycles. The highest BCUT2D eigenvalue weighted by Crippen LogP contribution is 2.36. The van der Waals surface area contributed by atoms with Crippen LogP contribution in [0.25, 0.3) is 0 Å². The van der Waals surface area contributed by atoms with Crippen molar-refractivity contribution in [2.24, 2.45) is 11.1 Å². The molecule has 3 nitrogen and oxygen atoms in total. The molecule has 0 radical (unpaired) electrons. The molecule has 0 aromatic heterocycles. The minimum absolute atomic E-state index is 0. The van der Waals surface area contributed by atoms with Crippen LogP contribution < -0.4 is 11.1 Å². The fourth-order valence-corrected chi connectivity index (χ4v) is 2.11. The standard InChI is InChI=1S/C8H16N2O.2ClH/c9-7-5-11-6-8(7)1-3-10-4-2-8;;/h7,10H,1-6,9H2;2*1H/t7-;;/m1../s1. The Morgan fingerprint density at radius 3 is 2.31 bits per heavy atom. The largest absolute Gasteiger partial charge is 0.379 e. The molecule has 0 aromatic rings. The van der Waals surface area contributed by atoms with Crippen molar-refractivity contribution in [2.45, 2.75) is 18.9 Å². The molecule has 80 valence electrons. The lowest BCUT2D eigenvalue weighted by atomic mass is 9.75. The van der Waals surface area contributed by atoms with E-state index in [-0.39, 0.29) is 30.9 Å². The van der Waals surface area contributed by atoms with E-state index in [1.165, 1.54) is 12.8 Å². The van der Waals surface area contributed by atoms with E-state index in [2.05, 4.69) is 5.32 Å². The van der Waals surface area contributed by atoms with Gasteiger partial charge in [-0.2, -0.15) is 0 Å². The number of rotatable bonds is 0. The van der Waals surface area contributed by atoms with Gasteiger partial charge < -0.3 is 15.8 Å². The van der Waals surface area contributed by atoms with Gasteiger partial charge in [0.05, 0.1) is 13.2 Å². The average Bonchev–Trinajstić information content (AvgIpc) is 2.36. The van der Waals surface area contributed by atoms with Crippen molar-refractivity contribution in [1.29, 1.82) is 0 Å². The second kappa shape index (κ2) is 5.37. The van der Waals surface area contributed by atoms with Crippen molar-refractivity contribution in [3.63, 3.8) is 0 Å². The molecule has 2 heterocycles. The Balaban J connectivity index is 0.000000720. The van der Waals surface area contributed by atoms with E-state index in [1.54, 1.807) is 0 Å². The predicted molar refractivity (Wildman–Crippen MR) is 57.8 cm³/mol. The summed E-state index contributed by atoms with van der Waals surface area (Å²) in [7, 11) is 0. The summed E-state index contributed by atoms with van der Waals surface area (Å²) in [6, 6.07) is 0.282. The molecule has 2 saturated heterocycles. The number of hydrogen-bond donors (Lipinski definition) is 2. The van der Waals surface area contributed by atoms with Gasteiger partial charge in [0.15, 0.2) is 0 Å². The summed E-state index contributed by atoms with van der Waals surface area (Å²) in [6.07, 6.45) is 2.38. The van der Waals surface area contributed by atoms with Crippen molar-refractivity contribution in [1.82, 2.24) is 5.32 Å². The lowest BCUT2D eigenvalue weighted by Crippen LogP contribution is -2.47. The number of piperidine rings is 1. The second-order valence-corrected chi connectivity index (χ2v) is 3.73. The zero-order valence-corrected chi connectivity index (χ0v) is 9.26. The van der Waals surface area contributed by atoms with Crippen molar-refractivity contribution in [3.05, 3.63) is 0 Å². The summed E-state index contributed by atoms with van der Waals surface area (Å²) in [5.41, 5.74) is 6.32. The first kappa shape index (κ1) is 13.5. The molecule has 2 aliphatic rings. The van der Waals surface area contributed by atoms with Crippen LogP contribution in [0.1, 0.15) is 12.8 Å². The predicted octanol–water partition coefficient (Wildman–Crippen LogP) is 0.557. The SMILES string of the molecule is Cl.Cl.N[C@@H]1COCC12CCNCC2. The first-order valence-corrected chi connectivity index (χ1v) is 4.38. The minimum Gasteiger partial charge on any atom is -0.379 e. The van der Waals surface area contributed by atoms with Gasteiger partial charge >= 0.3 is 0 Å². The Morgan fingerprint density at radius 1 is 1.23 bits per heavy atom. The third-order valence-corrected chi connectivity index (χ3v) is 3.07. The summed E-state index contributed by atoms with van der Waals surface area (Å²) < 4.78 is 5.40. The van der Waals surface area contributed by atoms with Crippen molar-refractivity contribution < 1.29 is 4.74 Å². The van der Waals surface area contributed by atoms with Crippen LogP contribution in [0.4, 0.5) is 0 Å². The van der Waals surface area contributed by atoms with Gasteiger partial charge in [-0.05, 0) is 25.9 Å². The molecule has 2 aliphatic heterocycles. The maximum absolute atomic E-state index is 5.99. The molecule has 2 fully saturated rings. The summed E-state index contributed by atoms with van der Waals surface area (Å²) >= 11 is 0. The minimum atomic E-state index is 0. The van der Waals surface area contributed by atoms with Crippen molar-refractivity contribution >= 4 is 24.8 Å². The fourth-order valence-electron chi connectivity index (χ4n) is 2.11. The Labute approximate surface area is 91.6 Å². The van der Waals surface area contributed by atoms with Gasteiger partial charge in [-0.15, -0.1) is 24.8 Å². The van der Waals surface area contributed by atoms with E-state index in [4.69, 9.17) is 10.5 Å². The fraction of sp³-hybridized carbons (Fsp3) is 1.00. The van der Waals surface area contributed by atoms with Crippen LogP contribution in [0.3, 0.4) is 0 Å². The molecular formula is C8H18Cl2N2O. The summed E-state index contributed by atoms with van der Waals surface area (Å²) in [6.45, 7) is 3.87. The van der Waals surface area contributed by atoms with Crippen molar-refractivity contribution in [2.75, 3.05) is 26.3 Å². The quantitative estimate of drug-likeness (QED) is 0.638. The molecule has 3 N–H and O–H groups in total. The highest BCUT2D eigenvalue weighted by atomic mass is 35.5. The van der Waals surface area contributed by atoms with Gasteiger partial charge in [-0.1, -0.05) is 0 Å². The van der Waals surface area contributed by atoms with Gasteiger partial charge in [-0.25, -0.2) is 0 Å². The molecular weight excluding hydrogens is 211 g/mol. The third-order valence-electron chi connectivity index (χ3n) is 3.07. The second-order valence-electron chi connectivity index (χ2n) is 3.73. The molecule has 0 unspecified atom stereocenters. The van der Waals surface area contributed by atoms with E-state index >= 15 is 0 Å². The average molecular weight is 229 g/mol. The summed E-state index contributed by atoms with van der Waals surface area (Å²) in [4.78, 5) is 0. The van der Waals surface area contributed by atoms with Gasteiger partial charge in [0.1, 0.15) is 0 Å². The lowest BCUT2D eigenvalue weighted by Gasteiger charge is -2.35. The molecule has 5 heteroatoms. The maximum atomic E-state index is 5.99. The molecule has 1 atom stereocenters. The maximum Gasteiger partial charge on any atom is 0.0624 e. The number of ether oxygens (including phenoxy) is 1. The Hall–Kier alpha value is 0.460. The summed E-state index contributed by atoms with van der Waals surface area (Å²) in [5, 5.41) is 3.35. The van der Waals surface area contributed by atoms with Gasteiger partial charge in [0.25, 0.3) is 0 Å². The Kier molecular flexibility index (Phi) is 5.56. The molecule has 2 rings (SSSR count). The first-order valence-electron chi connectivity index (χ1n) is 4.38. The van der Waals surface area contributed by atoms with Gasteiger partial charge in [0.2, 0.25) is 0 Å². The molecule has 0 aliphatic carbocycles. The highest BCUT2D eigenvalue weighted by molar-refractivity contribution is 5.85. The summed E-state index contributed by atoms with van der Waals surface area (Å²) in [5.74, 6) is 0. The van der Waals surface area contributed by atoms with Crippen LogP contribution in [0.15, 0.2) is 0 Å². The Morgan fingerprint density at radius 2 is 1.85 bits per heavy atom. The molecule has 0 saturated carbocycles. The third kappa shape index (κ3) is 2.48. The molecule has 0 bridgehead atoms. The van der Waals surface area contributed by atoms with E-state index < -0.39 is 0 Å². The number of nitrogens with one attached hydrogen (secondary N) is 1. The van der Waals surface area contributed by atoms with Crippen LogP contribution in [0.5, 0.6) is 0 Å². The van der Waals surface area contributed by atoms with Gasteiger partial charge in [-0.3, -0.25) is 0 Å². The van der Waals surface area contributed by atoms with E-state index in [1.807, 2.05) is 0 Å². The lowest BCUT2D eigenvalue weighted by molar-refractivity contribution is 0.126. The molecule has 13 heavy (non-hydrogen) atoms. The van der Waals surface area contributed by atoms with Crippen LogP contribution >= 0.6 is 24.8 Å². The monoisotopic (exact) mass is 228 g/mol.